The highest BCUT2D eigenvalue weighted by Crippen LogP contribution is 2.41. The van der Waals surface area contributed by atoms with Crippen LogP contribution in [0.3, 0.4) is 0 Å². The predicted molar refractivity (Wildman–Crippen MR) is 284 cm³/mol. The fourth-order valence-electron chi connectivity index (χ4n) is 11.2. The molecule has 0 amide bonds. The van der Waals surface area contributed by atoms with Gasteiger partial charge in [-0.1, -0.05) is 155 Å². The number of ether oxygens (including phenoxy) is 1. The minimum atomic E-state index is 0.478. The van der Waals surface area contributed by atoms with E-state index in [-0.39, 0.29) is 0 Å². The van der Waals surface area contributed by atoms with Crippen LogP contribution in [0.25, 0.3) is 0 Å². The van der Waals surface area contributed by atoms with Gasteiger partial charge in [0.05, 0.1) is 0 Å². The predicted octanol–water partition coefficient (Wildman–Crippen LogP) is 18.1. The zero-order chi connectivity index (χ0) is 46.7. The van der Waals surface area contributed by atoms with Gasteiger partial charge in [-0.05, 0) is 173 Å². The molecule has 2 fully saturated rings. The average molecular weight is 911 g/mol. The number of nitrogens with zero attached hydrogens (tertiary/aromatic N) is 4. The van der Waals surface area contributed by atoms with E-state index in [1.54, 1.807) is 0 Å². The molecule has 2 aliphatic carbocycles. The molecular formula is C62H94N4O. The Bertz CT molecular complexity index is 1770. The standard InChI is InChI=1S/C62H94N4O/c1-5-9-13-15-17-19-23-25-49-33-39-59(57(41-49)43-51-29-35-55(36-30-51)61-63-45-53(46-64-61)27-21-11-7-3)67-60-40-34-50(26-24-20-18-16-14-10-6-2)42-58(60)44-52-31-37-56(38-32-52)62-65-47-54(48-66-62)28-22-12-8-4/h33-34,39-42,45-48,51-52,55-56H,5-32,35-38,43-44H2,1-4H3/t51-,52-,55-,56-. The minimum absolute atomic E-state index is 0.478. The number of hydrogen-bond acceptors (Lipinski definition) is 5. The Hall–Kier alpha value is -3.60. The molecule has 2 aromatic heterocycles. The summed E-state index contributed by atoms with van der Waals surface area (Å²) in [6, 6.07) is 14.5. The highest BCUT2D eigenvalue weighted by molar-refractivity contribution is 5.45. The summed E-state index contributed by atoms with van der Waals surface area (Å²) >= 11 is 0. The van der Waals surface area contributed by atoms with E-state index in [1.807, 2.05) is 0 Å². The third-order valence-electron chi connectivity index (χ3n) is 15.6. The Morgan fingerprint density at radius 2 is 0.687 bits per heavy atom. The molecule has 2 aliphatic rings. The first-order valence-corrected chi connectivity index (χ1v) is 28.6. The summed E-state index contributed by atoms with van der Waals surface area (Å²) in [5.74, 6) is 6.55. The lowest BCUT2D eigenvalue weighted by atomic mass is 9.78. The third-order valence-corrected chi connectivity index (χ3v) is 15.6. The molecule has 0 unspecified atom stereocenters. The zero-order valence-corrected chi connectivity index (χ0v) is 43.3. The molecule has 0 aliphatic heterocycles. The molecule has 2 heterocycles. The van der Waals surface area contributed by atoms with Gasteiger partial charge in [0.1, 0.15) is 23.1 Å². The maximum absolute atomic E-state index is 7.23. The number of aromatic nitrogens is 4. The van der Waals surface area contributed by atoms with E-state index in [4.69, 9.17) is 24.7 Å². The summed E-state index contributed by atoms with van der Waals surface area (Å²) in [4.78, 5) is 19.6. The molecule has 6 rings (SSSR count). The molecule has 0 N–H and O–H groups in total. The Labute approximate surface area is 410 Å². The summed E-state index contributed by atoms with van der Waals surface area (Å²) in [5, 5.41) is 0. The fraction of sp³-hybridized carbons (Fsp3) is 0.677. The van der Waals surface area contributed by atoms with Crippen LogP contribution < -0.4 is 4.74 Å². The van der Waals surface area contributed by atoms with Crippen LogP contribution in [0.15, 0.2) is 61.2 Å². The maximum atomic E-state index is 7.23. The molecule has 0 bridgehead atoms. The Balaban J connectivity index is 1.14. The first-order valence-electron chi connectivity index (χ1n) is 28.6. The van der Waals surface area contributed by atoms with Crippen molar-refractivity contribution in [1.82, 2.24) is 19.9 Å². The molecule has 368 valence electrons. The number of unbranched alkanes of at least 4 members (excludes halogenated alkanes) is 16. The molecule has 2 saturated carbocycles. The van der Waals surface area contributed by atoms with Gasteiger partial charge >= 0.3 is 0 Å². The Kier molecular flexibility index (Phi) is 24.3. The molecule has 0 radical (unpaired) electrons. The molecule has 0 spiro atoms. The monoisotopic (exact) mass is 911 g/mol. The van der Waals surface area contributed by atoms with Crippen LogP contribution in [-0.2, 0) is 38.5 Å². The average Bonchev–Trinajstić information content (AvgIpc) is 3.36. The van der Waals surface area contributed by atoms with Gasteiger partial charge in [0, 0.05) is 36.6 Å². The molecule has 0 saturated heterocycles. The van der Waals surface area contributed by atoms with E-state index in [0.29, 0.717) is 23.7 Å². The molecule has 4 aromatic rings. The quantitative estimate of drug-likeness (QED) is 0.0457. The van der Waals surface area contributed by atoms with Crippen LogP contribution in [0, 0.1) is 11.8 Å². The summed E-state index contributed by atoms with van der Waals surface area (Å²) in [6.07, 6.45) is 51.1. The number of aryl methyl sites for hydroxylation is 4. The van der Waals surface area contributed by atoms with Gasteiger partial charge in [-0.3, -0.25) is 0 Å². The van der Waals surface area contributed by atoms with Gasteiger partial charge in [0.25, 0.3) is 0 Å². The molecule has 0 atom stereocenters. The lowest BCUT2D eigenvalue weighted by molar-refractivity contribution is 0.312. The minimum Gasteiger partial charge on any atom is -0.457 e. The highest BCUT2D eigenvalue weighted by atomic mass is 16.5. The number of hydrogen-bond donors (Lipinski definition) is 0. The second-order valence-electron chi connectivity index (χ2n) is 21.4. The van der Waals surface area contributed by atoms with E-state index in [1.165, 1.54) is 213 Å². The maximum Gasteiger partial charge on any atom is 0.131 e. The van der Waals surface area contributed by atoms with Gasteiger partial charge < -0.3 is 4.74 Å². The van der Waals surface area contributed by atoms with Gasteiger partial charge in [-0.2, -0.15) is 0 Å². The topological polar surface area (TPSA) is 60.8 Å². The van der Waals surface area contributed by atoms with Crippen LogP contribution in [0.2, 0.25) is 0 Å². The smallest absolute Gasteiger partial charge is 0.131 e. The second kappa shape index (κ2) is 30.8. The molecular weight excluding hydrogens is 817 g/mol. The highest BCUT2D eigenvalue weighted by Gasteiger charge is 2.27. The summed E-state index contributed by atoms with van der Waals surface area (Å²) in [5.41, 5.74) is 8.36. The molecule has 67 heavy (non-hydrogen) atoms. The van der Waals surface area contributed by atoms with Crippen molar-refractivity contribution in [3.05, 3.63) is 106 Å². The lowest BCUT2D eigenvalue weighted by Gasteiger charge is -2.29. The normalized spacial score (nSPS) is 18.6. The van der Waals surface area contributed by atoms with E-state index < -0.39 is 0 Å². The van der Waals surface area contributed by atoms with Crippen LogP contribution in [0.1, 0.15) is 264 Å². The van der Waals surface area contributed by atoms with Gasteiger partial charge in [-0.15, -0.1) is 0 Å². The Morgan fingerprint density at radius 3 is 1.06 bits per heavy atom. The van der Waals surface area contributed by atoms with Crippen molar-refractivity contribution >= 4 is 0 Å². The lowest BCUT2D eigenvalue weighted by Crippen LogP contribution is -2.18. The van der Waals surface area contributed by atoms with E-state index in [2.05, 4.69) is 88.9 Å². The molecule has 5 heteroatoms. The zero-order valence-electron chi connectivity index (χ0n) is 43.3. The van der Waals surface area contributed by atoms with Crippen LogP contribution >= 0.6 is 0 Å². The van der Waals surface area contributed by atoms with Crippen molar-refractivity contribution in [3.8, 4) is 11.5 Å². The van der Waals surface area contributed by atoms with Gasteiger partial charge in [0.15, 0.2) is 0 Å². The molecule has 2 aromatic carbocycles. The van der Waals surface area contributed by atoms with Crippen molar-refractivity contribution in [3.63, 3.8) is 0 Å². The fourth-order valence-corrected chi connectivity index (χ4v) is 11.2. The van der Waals surface area contributed by atoms with Gasteiger partial charge in [-0.25, -0.2) is 19.9 Å². The van der Waals surface area contributed by atoms with Crippen LogP contribution in [-0.4, -0.2) is 19.9 Å². The van der Waals surface area contributed by atoms with Crippen molar-refractivity contribution in [2.24, 2.45) is 11.8 Å². The largest absolute Gasteiger partial charge is 0.457 e. The summed E-state index contributed by atoms with van der Waals surface area (Å²) in [6.45, 7) is 9.15. The third kappa shape index (κ3) is 18.7. The summed E-state index contributed by atoms with van der Waals surface area (Å²) in [7, 11) is 0. The van der Waals surface area contributed by atoms with E-state index >= 15 is 0 Å². The van der Waals surface area contributed by atoms with E-state index in [0.717, 1.165) is 61.7 Å². The first kappa shape index (κ1) is 52.8. The van der Waals surface area contributed by atoms with Crippen LogP contribution in [0.5, 0.6) is 11.5 Å². The Morgan fingerprint density at radius 1 is 0.373 bits per heavy atom. The summed E-state index contributed by atoms with van der Waals surface area (Å²) < 4.78 is 7.23. The molecule has 5 nitrogen and oxygen atoms in total. The first-order chi connectivity index (χ1) is 33.0. The van der Waals surface area contributed by atoms with Crippen molar-refractivity contribution in [1.29, 1.82) is 0 Å². The number of rotatable bonds is 32. The van der Waals surface area contributed by atoms with Crippen molar-refractivity contribution in [2.45, 2.75) is 258 Å². The van der Waals surface area contributed by atoms with E-state index in [9.17, 15) is 0 Å². The SMILES string of the molecule is CCCCCCCCCc1ccc(Oc2ccc(CCCCCCCCC)cc2C[C@H]2CC[C@H](c3ncc(CCCCC)cn3)CC2)c(C[C@H]2CC[C@H](c3ncc(CCCCC)cn3)CC2)c1. The van der Waals surface area contributed by atoms with Crippen molar-refractivity contribution in [2.75, 3.05) is 0 Å². The van der Waals surface area contributed by atoms with Crippen LogP contribution in [0.4, 0.5) is 0 Å². The van der Waals surface area contributed by atoms with Gasteiger partial charge in [0.2, 0.25) is 0 Å². The van der Waals surface area contributed by atoms with Crippen molar-refractivity contribution < 1.29 is 4.74 Å². The second-order valence-corrected chi connectivity index (χ2v) is 21.4. The number of benzene rings is 2.